The van der Waals surface area contributed by atoms with E-state index in [0.29, 0.717) is 0 Å². The summed E-state index contributed by atoms with van der Waals surface area (Å²) in [6, 6.07) is 17.6. The molecule has 2 aromatic carbocycles. The first-order valence-electron chi connectivity index (χ1n) is 8.61. The maximum Gasteiger partial charge on any atom is 0.188 e. The summed E-state index contributed by atoms with van der Waals surface area (Å²) in [5, 5.41) is 0. The molecule has 136 valence electrons. The summed E-state index contributed by atoms with van der Waals surface area (Å²) in [4.78, 5) is 13.1. The molecule has 2 nitrogen and oxygen atoms in total. The van der Waals surface area contributed by atoms with Crippen LogP contribution in [0.3, 0.4) is 0 Å². The van der Waals surface area contributed by atoms with Gasteiger partial charge in [0.15, 0.2) is 5.78 Å². The first-order chi connectivity index (χ1) is 12.7. The van der Waals surface area contributed by atoms with Gasteiger partial charge in [0.1, 0.15) is 5.75 Å². The molecule has 0 N–H and O–H groups in total. The van der Waals surface area contributed by atoms with Gasteiger partial charge < -0.3 is 4.74 Å². The Morgan fingerprint density at radius 2 is 1.58 bits per heavy atom. The number of ether oxygens (including phenoxy) is 1. The van der Waals surface area contributed by atoms with Crippen molar-refractivity contribution < 1.29 is 9.53 Å². The minimum Gasteiger partial charge on any atom is -0.497 e. The predicted octanol–water partition coefficient (Wildman–Crippen LogP) is 6.15. The molecule has 0 radical (unpaired) electrons. The number of benzene rings is 2. The van der Waals surface area contributed by atoms with E-state index in [4.69, 9.17) is 4.74 Å². The quantitative estimate of drug-likeness (QED) is 0.484. The van der Waals surface area contributed by atoms with Gasteiger partial charge in [-0.2, -0.15) is 0 Å². The van der Waals surface area contributed by atoms with Crippen LogP contribution in [0.2, 0.25) is 0 Å². The van der Waals surface area contributed by atoms with Crippen LogP contribution in [0.5, 0.6) is 5.75 Å². The molecule has 2 aromatic rings. The highest BCUT2D eigenvalue weighted by Gasteiger charge is 2.16. The number of ketones is 1. The van der Waals surface area contributed by atoms with Crippen molar-refractivity contribution in [1.82, 2.24) is 0 Å². The normalized spacial score (nSPS) is 10.7. The van der Waals surface area contributed by atoms with Gasteiger partial charge in [0, 0.05) is 5.57 Å². The van der Waals surface area contributed by atoms with E-state index < -0.39 is 0 Å². The summed E-state index contributed by atoms with van der Waals surface area (Å²) < 4.78 is 6.32. The van der Waals surface area contributed by atoms with Gasteiger partial charge in [0.25, 0.3) is 0 Å². The highest BCUT2D eigenvalue weighted by Crippen LogP contribution is 2.37. The maximum absolute atomic E-state index is 13.1. The second-order valence-electron chi connectivity index (χ2n) is 5.37. The van der Waals surface area contributed by atoms with Gasteiger partial charge in [-0.1, -0.05) is 62.4 Å². The van der Waals surface area contributed by atoms with E-state index in [0.717, 1.165) is 38.2 Å². The molecular formula is C22H24O2S2. The van der Waals surface area contributed by atoms with E-state index >= 15 is 0 Å². The van der Waals surface area contributed by atoms with Crippen LogP contribution in [-0.4, -0.2) is 24.4 Å². The smallest absolute Gasteiger partial charge is 0.188 e. The lowest BCUT2D eigenvalue weighted by atomic mass is 10.0. The number of allylic oxidation sites excluding steroid dienone is 2. The van der Waals surface area contributed by atoms with Crippen LogP contribution in [0.1, 0.15) is 25.0 Å². The van der Waals surface area contributed by atoms with Crippen molar-refractivity contribution in [2.75, 3.05) is 18.6 Å². The van der Waals surface area contributed by atoms with E-state index in [1.54, 1.807) is 36.7 Å². The van der Waals surface area contributed by atoms with E-state index in [1.807, 2.05) is 60.7 Å². The topological polar surface area (TPSA) is 26.3 Å². The second kappa shape index (κ2) is 10.9. The van der Waals surface area contributed by atoms with Crippen LogP contribution < -0.4 is 4.74 Å². The molecule has 0 fully saturated rings. The average Bonchev–Trinajstić information content (AvgIpc) is 2.68. The van der Waals surface area contributed by atoms with Crippen LogP contribution in [-0.2, 0) is 4.79 Å². The van der Waals surface area contributed by atoms with Crippen LogP contribution in [0.25, 0.3) is 11.6 Å². The van der Waals surface area contributed by atoms with Crippen LogP contribution in [0.4, 0.5) is 0 Å². The average molecular weight is 385 g/mol. The summed E-state index contributed by atoms with van der Waals surface area (Å²) >= 11 is 3.44. The predicted molar refractivity (Wildman–Crippen MR) is 117 cm³/mol. The van der Waals surface area contributed by atoms with Crippen LogP contribution in [0.15, 0.2) is 64.9 Å². The Hall–Kier alpha value is -1.91. The summed E-state index contributed by atoms with van der Waals surface area (Å²) in [5.74, 6) is 2.67. The first-order valence-corrected chi connectivity index (χ1v) is 10.6. The third-order valence-electron chi connectivity index (χ3n) is 3.61. The third kappa shape index (κ3) is 5.82. The van der Waals surface area contributed by atoms with Gasteiger partial charge >= 0.3 is 0 Å². The SMILES string of the molecule is CCSC(SCC)=C(C(=O)/C=C/c1ccccc1)c1ccc(OC)cc1. The summed E-state index contributed by atoms with van der Waals surface area (Å²) in [5.41, 5.74) is 2.70. The standard InChI is InChI=1S/C22H24O2S2/c1-4-25-22(26-5-2)21(18-12-14-19(24-3)15-13-18)20(23)16-11-17-9-7-6-8-10-17/h6-16H,4-5H2,1-3H3/b16-11+. The number of carbonyl (C=O) groups excluding carboxylic acids is 1. The second-order valence-corrected chi connectivity index (χ2v) is 8.17. The molecule has 0 aliphatic heterocycles. The summed E-state index contributed by atoms with van der Waals surface area (Å²) in [7, 11) is 1.64. The Bertz CT molecular complexity index is 754. The maximum atomic E-state index is 13.1. The molecule has 0 unspecified atom stereocenters. The van der Waals surface area contributed by atoms with Crippen molar-refractivity contribution in [2.45, 2.75) is 13.8 Å². The van der Waals surface area contributed by atoms with Gasteiger partial charge in [0.05, 0.1) is 11.3 Å². The molecule has 0 atom stereocenters. The molecule has 0 aliphatic carbocycles. The van der Waals surface area contributed by atoms with Crippen molar-refractivity contribution >= 4 is 41.0 Å². The molecule has 0 amide bonds. The lowest BCUT2D eigenvalue weighted by Gasteiger charge is -2.12. The lowest BCUT2D eigenvalue weighted by molar-refractivity contribution is -0.109. The number of hydrogen-bond acceptors (Lipinski definition) is 4. The Morgan fingerprint density at radius 1 is 0.962 bits per heavy atom. The van der Waals surface area contributed by atoms with Crippen molar-refractivity contribution in [2.24, 2.45) is 0 Å². The zero-order valence-electron chi connectivity index (χ0n) is 15.4. The van der Waals surface area contributed by atoms with Crippen LogP contribution >= 0.6 is 23.5 Å². The zero-order chi connectivity index (χ0) is 18.8. The van der Waals surface area contributed by atoms with Gasteiger partial charge in [-0.25, -0.2) is 0 Å². The fraction of sp³-hybridized carbons (Fsp3) is 0.227. The largest absolute Gasteiger partial charge is 0.497 e. The molecule has 4 heteroatoms. The monoisotopic (exact) mass is 384 g/mol. The van der Waals surface area contributed by atoms with E-state index in [2.05, 4.69) is 13.8 Å². The Morgan fingerprint density at radius 3 is 2.12 bits per heavy atom. The molecule has 0 aromatic heterocycles. The summed E-state index contributed by atoms with van der Waals surface area (Å²) in [6.07, 6.45) is 3.54. The molecule has 0 spiro atoms. The highest BCUT2D eigenvalue weighted by atomic mass is 32.2. The highest BCUT2D eigenvalue weighted by molar-refractivity contribution is 8.22. The van der Waals surface area contributed by atoms with Gasteiger partial charge in [0.2, 0.25) is 0 Å². The Balaban J connectivity index is 2.42. The van der Waals surface area contributed by atoms with E-state index in [1.165, 1.54) is 0 Å². The summed E-state index contributed by atoms with van der Waals surface area (Å²) in [6.45, 7) is 4.22. The number of methoxy groups -OCH3 is 1. The van der Waals surface area contributed by atoms with Gasteiger partial charge in [-0.15, -0.1) is 23.5 Å². The molecule has 0 bridgehead atoms. The Labute approximate surface area is 164 Å². The zero-order valence-corrected chi connectivity index (χ0v) is 17.0. The minimum absolute atomic E-state index is 0.0240. The molecule has 0 saturated heterocycles. The van der Waals surface area contributed by atoms with Gasteiger partial charge in [-0.3, -0.25) is 4.79 Å². The molecular weight excluding hydrogens is 360 g/mol. The Kier molecular flexibility index (Phi) is 8.59. The molecule has 0 heterocycles. The minimum atomic E-state index is 0.0240. The van der Waals surface area contributed by atoms with Crippen LogP contribution in [0, 0.1) is 0 Å². The van der Waals surface area contributed by atoms with Crippen molar-refractivity contribution in [3.05, 3.63) is 76.0 Å². The lowest BCUT2D eigenvalue weighted by Crippen LogP contribution is -2.01. The third-order valence-corrected chi connectivity index (χ3v) is 5.82. The fourth-order valence-electron chi connectivity index (χ4n) is 2.39. The van der Waals surface area contributed by atoms with Gasteiger partial charge in [-0.05, 0) is 40.8 Å². The van der Waals surface area contributed by atoms with Crippen molar-refractivity contribution in [3.63, 3.8) is 0 Å². The van der Waals surface area contributed by atoms with E-state index in [9.17, 15) is 4.79 Å². The molecule has 0 aliphatic rings. The number of hydrogen-bond donors (Lipinski definition) is 0. The van der Waals surface area contributed by atoms with E-state index in [-0.39, 0.29) is 5.78 Å². The molecule has 26 heavy (non-hydrogen) atoms. The fourth-order valence-corrected chi connectivity index (χ4v) is 4.68. The van der Waals surface area contributed by atoms with Crippen molar-refractivity contribution in [1.29, 1.82) is 0 Å². The first kappa shape index (κ1) is 20.4. The molecule has 2 rings (SSSR count). The van der Waals surface area contributed by atoms with Crippen molar-refractivity contribution in [3.8, 4) is 5.75 Å². The number of carbonyl (C=O) groups is 1. The number of thioether (sulfide) groups is 2. The number of rotatable bonds is 9. The molecule has 0 saturated carbocycles.